The highest BCUT2D eigenvalue weighted by atomic mass is 16.2. The summed E-state index contributed by atoms with van der Waals surface area (Å²) in [6, 6.07) is 0.642. The molecule has 0 radical (unpaired) electrons. The number of piperidine rings is 1. The van der Waals surface area contributed by atoms with Crippen molar-refractivity contribution in [2.75, 3.05) is 46.3 Å². The van der Waals surface area contributed by atoms with Crippen molar-refractivity contribution < 1.29 is 9.59 Å². The Kier molecular flexibility index (Phi) is 6.41. The van der Waals surface area contributed by atoms with Crippen LogP contribution in [0.4, 0.5) is 0 Å². The number of nitrogens with zero attached hydrogens (tertiary/aromatic N) is 3. The minimum atomic E-state index is 0.0737. The number of amides is 2. The average Bonchev–Trinajstić information content (AvgIpc) is 2.55. The molecule has 2 rings (SSSR count). The lowest BCUT2D eigenvalue weighted by molar-refractivity contribution is -0.141. The SMILES string of the molecule is CC(C)N(C)C(=O)C1CCN(C(=O)CN2CCNC[C@@H]2C)CC1. The fraction of sp³-hybridized carbons (Fsp3) is 0.882. The predicted molar refractivity (Wildman–Crippen MR) is 91.1 cm³/mol. The highest BCUT2D eigenvalue weighted by molar-refractivity contribution is 5.81. The topological polar surface area (TPSA) is 55.9 Å². The van der Waals surface area contributed by atoms with E-state index in [-0.39, 0.29) is 23.8 Å². The third kappa shape index (κ3) is 4.67. The zero-order valence-corrected chi connectivity index (χ0v) is 15.0. The lowest BCUT2D eigenvalue weighted by Crippen LogP contribution is -2.54. The van der Waals surface area contributed by atoms with Crippen LogP contribution in [0.15, 0.2) is 0 Å². The van der Waals surface area contributed by atoms with Gasteiger partial charge in [0.1, 0.15) is 0 Å². The molecule has 2 heterocycles. The molecule has 2 aliphatic heterocycles. The molecule has 0 aliphatic carbocycles. The number of piperazine rings is 1. The van der Waals surface area contributed by atoms with E-state index in [1.807, 2.05) is 30.7 Å². The van der Waals surface area contributed by atoms with Crippen LogP contribution in [0.5, 0.6) is 0 Å². The van der Waals surface area contributed by atoms with E-state index in [0.29, 0.717) is 25.7 Å². The summed E-state index contributed by atoms with van der Waals surface area (Å²) in [6.45, 7) is 11.0. The molecule has 2 aliphatic rings. The second kappa shape index (κ2) is 8.11. The Morgan fingerprint density at radius 3 is 2.43 bits per heavy atom. The van der Waals surface area contributed by atoms with Crippen molar-refractivity contribution in [1.29, 1.82) is 0 Å². The molecule has 1 N–H and O–H groups in total. The highest BCUT2D eigenvalue weighted by Gasteiger charge is 2.31. The Morgan fingerprint density at radius 2 is 1.87 bits per heavy atom. The monoisotopic (exact) mass is 324 g/mol. The number of hydrogen-bond donors (Lipinski definition) is 1. The summed E-state index contributed by atoms with van der Waals surface area (Å²) in [5.41, 5.74) is 0. The zero-order valence-electron chi connectivity index (χ0n) is 15.0. The molecule has 6 heteroatoms. The second-order valence-electron chi connectivity index (χ2n) is 7.22. The van der Waals surface area contributed by atoms with Gasteiger partial charge in [-0.05, 0) is 33.6 Å². The normalized spacial score (nSPS) is 24.0. The van der Waals surface area contributed by atoms with E-state index < -0.39 is 0 Å². The summed E-state index contributed by atoms with van der Waals surface area (Å²) < 4.78 is 0. The molecule has 0 aromatic heterocycles. The molecule has 1 atom stereocenters. The molecular weight excluding hydrogens is 292 g/mol. The summed E-state index contributed by atoms with van der Waals surface area (Å²) >= 11 is 0. The fourth-order valence-electron chi connectivity index (χ4n) is 3.31. The third-order valence-corrected chi connectivity index (χ3v) is 5.30. The van der Waals surface area contributed by atoms with Crippen LogP contribution in [-0.2, 0) is 9.59 Å². The lowest BCUT2D eigenvalue weighted by atomic mass is 9.95. The van der Waals surface area contributed by atoms with Crippen LogP contribution in [0.25, 0.3) is 0 Å². The Balaban J connectivity index is 1.79. The average molecular weight is 324 g/mol. The van der Waals surface area contributed by atoms with Crippen LogP contribution in [0, 0.1) is 5.92 Å². The van der Waals surface area contributed by atoms with Gasteiger partial charge in [-0.3, -0.25) is 14.5 Å². The first-order valence-corrected chi connectivity index (χ1v) is 8.89. The number of nitrogens with one attached hydrogen (secondary N) is 1. The van der Waals surface area contributed by atoms with Gasteiger partial charge in [-0.1, -0.05) is 0 Å². The molecule has 6 nitrogen and oxygen atoms in total. The summed E-state index contributed by atoms with van der Waals surface area (Å²) in [4.78, 5) is 30.9. The maximum Gasteiger partial charge on any atom is 0.236 e. The minimum absolute atomic E-state index is 0.0737. The molecule has 2 fully saturated rings. The van der Waals surface area contributed by atoms with Crippen molar-refractivity contribution in [3.63, 3.8) is 0 Å². The third-order valence-electron chi connectivity index (χ3n) is 5.30. The second-order valence-corrected chi connectivity index (χ2v) is 7.22. The summed E-state index contributed by atoms with van der Waals surface area (Å²) in [6.07, 6.45) is 1.58. The van der Waals surface area contributed by atoms with Gasteiger partial charge in [0.15, 0.2) is 0 Å². The van der Waals surface area contributed by atoms with E-state index in [2.05, 4.69) is 17.1 Å². The molecule has 132 valence electrons. The Bertz CT molecular complexity index is 419. The smallest absolute Gasteiger partial charge is 0.236 e. The van der Waals surface area contributed by atoms with Crippen LogP contribution in [-0.4, -0.2) is 84.9 Å². The van der Waals surface area contributed by atoms with Crippen LogP contribution in [0.2, 0.25) is 0 Å². The molecule has 2 amide bonds. The van der Waals surface area contributed by atoms with Gasteiger partial charge in [0.25, 0.3) is 0 Å². The molecule has 0 aromatic carbocycles. The maximum atomic E-state index is 12.5. The first-order valence-electron chi connectivity index (χ1n) is 8.89. The summed E-state index contributed by atoms with van der Waals surface area (Å²) in [5.74, 6) is 0.509. The van der Waals surface area contributed by atoms with Gasteiger partial charge < -0.3 is 15.1 Å². The van der Waals surface area contributed by atoms with Crippen LogP contribution in [0.1, 0.15) is 33.6 Å². The standard InChI is InChI=1S/C17H32N4O2/c1-13(2)19(4)17(23)15-5-8-20(9-6-15)16(22)12-21-10-7-18-11-14(21)3/h13-15,18H,5-12H2,1-4H3/t14-/m0/s1. The Hall–Kier alpha value is -1.14. The summed E-state index contributed by atoms with van der Waals surface area (Å²) in [5, 5.41) is 3.35. The Labute approximate surface area is 140 Å². The molecule has 0 unspecified atom stereocenters. The molecule has 0 aromatic rings. The number of likely N-dealkylation sites (tertiary alicyclic amines) is 1. The van der Waals surface area contributed by atoms with Gasteiger partial charge in [-0.15, -0.1) is 0 Å². The van der Waals surface area contributed by atoms with E-state index in [0.717, 1.165) is 32.5 Å². The van der Waals surface area contributed by atoms with Crippen molar-refractivity contribution in [3.05, 3.63) is 0 Å². The van der Waals surface area contributed by atoms with Gasteiger partial charge in [0.2, 0.25) is 11.8 Å². The van der Waals surface area contributed by atoms with Crippen molar-refractivity contribution in [1.82, 2.24) is 20.0 Å². The lowest BCUT2D eigenvalue weighted by Gasteiger charge is -2.37. The first kappa shape index (κ1) is 18.2. The zero-order chi connectivity index (χ0) is 17.0. The van der Waals surface area contributed by atoms with Crippen molar-refractivity contribution in [2.24, 2.45) is 5.92 Å². The fourth-order valence-corrected chi connectivity index (χ4v) is 3.31. The number of carbonyl (C=O) groups excluding carboxylic acids is 2. The van der Waals surface area contributed by atoms with E-state index in [9.17, 15) is 9.59 Å². The van der Waals surface area contributed by atoms with E-state index in [1.165, 1.54) is 0 Å². The number of carbonyl (C=O) groups is 2. The molecule has 0 saturated carbocycles. The quantitative estimate of drug-likeness (QED) is 0.813. The number of hydrogen-bond acceptors (Lipinski definition) is 4. The molecular formula is C17H32N4O2. The molecule has 0 bridgehead atoms. The highest BCUT2D eigenvalue weighted by Crippen LogP contribution is 2.20. The van der Waals surface area contributed by atoms with Crippen LogP contribution in [0.3, 0.4) is 0 Å². The van der Waals surface area contributed by atoms with Gasteiger partial charge in [-0.25, -0.2) is 0 Å². The van der Waals surface area contributed by atoms with Gasteiger partial charge >= 0.3 is 0 Å². The minimum Gasteiger partial charge on any atom is -0.343 e. The number of rotatable bonds is 4. The molecule has 2 saturated heterocycles. The molecule has 0 spiro atoms. The first-order chi connectivity index (χ1) is 10.9. The maximum absolute atomic E-state index is 12.5. The van der Waals surface area contributed by atoms with Gasteiger partial charge in [0.05, 0.1) is 6.54 Å². The largest absolute Gasteiger partial charge is 0.343 e. The van der Waals surface area contributed by atoms with Crippen molar-refractivity contribution in [2.45, 2.75) is 45.7 Å². The van der Waals surface area contributed by atoms with Crippen molar-refractivity contribution in [3.8, 4) is 0 Å². The van der Waals surface area contributed by atoms with Gasteiger partial charge in [-0.2, -0.15) is 0 Å². The van der Waals surface area contributed by atoms with Crippen molar-refractivity contribution >= 4 is 11.8 Å². The van der Waals surface area contributed by atoms with E-state index in [1.54, 1.807) is 0 Å². The van der Waals surface area contributed by atoms with Crippen LogP contribution >= 0.6 is 0 Å². The predicted octanol–water partition coefficient (Wildman–Crippen LogP) is 0.386. The van der Waals surface area contributed by atoms with E-state index in [4.69, 9.17) is 0 Å². The Morgan fingerprint density at radius 1 is 1.22 bits per heavy atom. The van der Waals surface area contributed by atoms with E-state index >= 15 is 0 Å². The van der Waals surface area contributed by atoms with Crippen LogP contribution < -0.4 is 5.32 Å². The molecule has 23 heavy (non-hydrogen) atoms. The van der Waals surface area contributed by atoms with Gasteiger partial charge in [0, 0.05) is 57.8 Å². The summed E-state index contributed by atoms with van der Waals surface area (Å²) in [7, 11) is 1.87.